The van der Waals surface area contributed by atoms with Crippen LogP contribution < -0.4 is 11.1 Å². The molecule has 0 radical (unpaired) electrons. The molecule has 0 aliphatic carbocycles. The highest BCUT2D eigenvalue weighted by atomic mass is 16.2. The van der Waals surface area contributed by atoms with Crippen molar-refractivity contribution in [3.63, 3.8) is 0 Å². The number of amides is 3. The predicted molar refractivity (Wildman–Crippen MR) is 116 cm³/mol. The van der Waals surface area contributed by atoms with Crippen LogP contribution in [0.5, 0.6) is 0 Å². The monoisotopic (exact) mass is 401 g/mol. The van der Waals surface area contributed by atoms with Gasteiger partial charge in [-0.15, -0.1) is 0 Å². The second-order valence-electron chi connectivity index (χ2n) is 7.55. The third-order valence-corrected chi connectivity index (χ3v) is 5.54. The van der Waals surface area contributed by atoms with Crippen molar-refractivity contribution in [1.29, 1.82) is 0 Å². The normalized spacial score (nSPS) is 16.3. The number of primary amides is 1. The Bertz CT molecular complexity index is 1100. The van der Waals surface area contributed by atoms with Gasteiger partial charge in [0.1, 0.15) is 0 Å². The number of benzene rings is 3. The number of carbonyl (C=O) groups is 3. The Hall–Kier alpha value is -3.67. The van der Waals surface area contributed by atoms with Crippen LogP contribution in [-0.4, -0.2) is 35.7 Å². The van der Waals surface area contributed by atoms with Crippen molar-refractivity contribution >= 4 is 34.2 Å². The molecule has 1 atom stereocenters. The number of nitrogens with one attached hydrogen (secondary N) is 1. The van der Waals surface area contributed by atoms with Gasteiger partial charge in [0.2, 0.25) is 11.8 Å². The van der Waals surface area contributed by atoms with E-state index in [1.165, 1.54) is 0 Å². The zero-order valence-corrected chi connectivity index (χ0v) is 16.5. The zero-order valence-electron chi connectivity index (χ0n) is 16.5. The van der Waals surface area contributed by atoms with E-state index < -0.39 is 5.91 Å². The van der Waals surface area contributed by atoms with E-state index in [0.29, 0.717) is 29.9 Å². The molecule has 1 fully saturated rings. The molecule has 0 spiro atoms. The second kappa shape index (κ2) is 8.37. The van der Waals surface area contributed by atoms with Crippen molar-refractivity contribution in [2.75, 3.05) is 18.4 Å². The van der Waals surface area contributed by atoms with Crippen LogP contribution in [-0.2, 0) is 4.79 Å². The lowest BCUT2D eigenvalue weighted by molar-refractivity contribution is -0.121. The average Bonchev–Trinajstić information content (AvgIpc) is 2.78. The molecule has 3 aromatic carbocycles. The van der Waals surface area contributed by atoms with Crippen LogP contribution in [0, 0.1) is 5.92 Å². The molecule has 0 aromatic heterocycles. The maximum Gasteiger partial charge on any atom is 0.254 e. The number of nitrogens with zero attached hydrogens (tertiary/aromatic N) is 1. The summed E-state index contributed by atoms with van der Waals surface area (Å²) in [6, 6.07) is 20.0. The fourth-order valence-corrected chi connectivity index (χ4v) is 3.92. The zero-order chi connectivity index (χ0) is 21.1. The molecule has 1 aliphatic heterocycles. The van der Waals surface area contributed by atoms with E-state index in [0.717, 1.165) is 23.6 Å². The molecule has 1 heterocycles. The third kappa shape index (κ3) is 4.03. The maximum absolute atomic E-state index is 13.2. The number of fused-ring (bicyclic) bond motifs is 1. The minimum Gasteiger partial charge on any atom is -0.366 e. The molecule has 3 N–H and O–H groups in total. The van der Waals surface area contributed by atoms with Crippen LogP contribution in [0.25, 0.3) is 10.8 Å². The minimum atomic E-state index is -0.511. The molecule has 0 saturated carbocycles. The molecule has 152 valence electrons. The molecule has 0 bridgehead atoms. The first-order valence-corrected chi connectivity index (χ1v) is 10.0. The van der Waals surface area contributed by atoms with Crippen molar-refractivity contribution in [2.24, 2.45) is 11.7 Å². The fourth-order valence-electron chi connectivity index (χ4n) is 3.92. The molecular formula is C24H23N3O3. The molecule has 0 unspecified atom stereocenters. The number of piperidine rings is 1. The smallest absolute Gasteiger partial charge is 0.254 e. The Kier molecular flexibility index (Phi) is 5.48. The standard InChI is InChI=1S/C24H23N3O3/c25-22(28)17-10-12-19(13-11-17)26-23(29)18-7-4-14-27(15-18)24(30)21-9-3-6-16-5-1-2-8-20(16)21/h1-3,5-6,8-13,18H,4,7,14-15H2,(H2,25,28)(H,26,29)/t18-/m1/s1. The van der Waals surface area contributed by atoms with Crippen molar-refractivity contribution in [2.45, 2.75) is 12.8 Å². The first-order valence-electron chi connectivity index (χ1n) is 10.0. The van der Waals surface area contributed by atoms with E-state index in [1.54, 1.807) is 29.2 Å². The van der Waals surface area contributed by atoms with Gasteiger partial charge >= 0.3 is 0 Å². The molecule has 3 amide bonds. The van der Waals surface area contributed by atoms with Gasteiger partial charge in [0, 0.05) is 29.9 Å². The lowest BCUT2D eigenvalue weighted by Gasteiger charge is -2.32. The van der Waals surface area contributed by atoms with Gasteiger partial charge in [0.05, 0.1) is 5.92 Å². The molecule has 6 nitrogen and oxygen atoms in total. The largest absolute Gasteiger partial charge is 0.366 e. The summed E-state index contributed by atoms with van der Waals surface area (Å²) in [6.07, 6.45) is 1.50. The lowest BCUT2D eigenvalue weighted by Crippen LogP contribution is -2.43. The van der Waals surface area contributed by atoms with Gasteiger partial charge in [-0.05, 0) is 53.9 Å². The van der Waals surface area contributed by atoms with Crippen LogP contribution in [0.2, 0.25) is 0 Å². The summed E-state index contributed by atoms with van der Waals surface area (Å²) in [4.78, 5) is 38.9. The quantitative estimate of drug-likeness (QED) is 0.701. The van der Waals surface area contributed by atoms with Gasteiger partial charge < -0.3 is 16.0 Å². The number of likely N-dealkylation sites (tertiary alicyclic amines) is 1. The fraction of sp³-hybridized carbons (Fsp3) is 0.208. The summed E-state index contributed by atoms with van der Waals surface area (Å²) in [5.74, 6) is -0.969. The summed E-state index contributed by atoms with van der Waals surface area (Å²) < 4.78 is 0. The average molecular weight is 401 g/mol. The van der Waals surface area contributed by atoms with Crippen LogP contribution in [0.15, 0.2) is 66.7 Å². The number of anilines is 1. The molecule has 4 rings (SSSR count). The molecule has 1 saturated heterocycles. The van der Waals surface area contributed by atoms with Crippen molar-refractivity contribution in [3.05, 3.63) is 77.9 Å². The van der Waals surface area contributed by atoms with Crippen LogP contribution >= 0.6 is 0 Å². The van der Waals surface area contributed by atoms with E-state index in [-0.39, 0.29) is 17.7 Å². The van der Waals surface area contributed by atoms with Gasteiger partial charge in [-0.3, -0.25) is 14.4 Å². The molecule has 6 heteroatoms. The minimum absolute atomic E-state index is 0.0462. The first-order chi connectivity index (χ1) is 14.5. The SMILES string of the molecule is NC(=O)c1ccc(NC(=O)[C@@H]2CCCN(C(=O)c3cccc4ccccc34)C2)cc1. The van der Waals surface area contributed by atoms with E-state index in [4.69, 9.17) is 5.73 Å². The Morgan fingerprint density at radius 1 is 0.933 bits per heavy atom. The summed E-state index contributed by atoms with van der Waals surface area (Å²) in [7, 11) is 0. The number of hydrogen-bond acceptors (Lipinski definition) is 3. The Labute approximate surface area is 174 Å². The second-order valence-corrected chi connectivity index (χ2v) is 7.55. The van der Waals surface area contributed by atoms with E-state index >= 15 is 0 Å². The van der Waals surface area contributed by atoms with Gasteiger partial charge in [0.25, 0.3) is 5.91 Å². The third-order valence-electron chi connectivity index (χ3n) is 5.54. The molecule has 30 heavy (non-hydrogen) atoms. The summed E-state index contributed by atoms with van der Waals surface area (Å²) in [5, 5.41) is 4.82. The van der Waals surface area contributed by atoms with Crippen LogP contribution in [0.1, 0.15) is 33.6 Å². The first kappa shape index (κ1) is 19.6. The van der Waals surface area contributed by atoms with E-state index in [9.17, 15) is 14.4 Å². The molecule has 1 aliphatic rings. The van der Waals surface area contributed by atoms with Gasteiger partial charge in [-0.1, -0.05) is 36.4 Å². The molecule has 3 aromatic rings. The summed E-state index contributed by atoms with van der Waals surface area (Å²) in [5.41, 5.74) is 6.89. The Morgan fingerprint density at radius 2 is 1.67 bits per heavy atom. The van der Waals surface area contributed by atoms with E-state index in [1.807, 2.05) is 42.5 Å². The van der Waals surface area contributed by atoms with E-state index in [2.05, 4.69) is 5.32 Å². The van der Waals surface area contributed by atoms with Crippen molar-refractivity contribution in [1.82, 2.24) is 4.90 Å². The highest BCUT2D eigenvalue weighted by Gasteiger charge is 2.29. The van der Waals surface area contributed by atoms with Crippen LogP contribution in [0.4, 0.5) is 5.69 Å². The number of rotatable bonds is 4. The maximum atomic E-state index is 13.2. The number of hydrogen-bond donors (Lipinski definition) is 2. The van der Waals surface area contributed by atoms with Gasteiger partial charge in [0.15, 0.2) is 0 Å². The summed E-state index contributed by atoms with van der Waals surface area (Å²) in [6.45, 7) is 1.02. The Morgan fingerprint density at radius 3 is 2.43 bits per heavy atom. The highest BCUT2D eigenvalue weighted by molar-refractivity contribution is 6.07. The lowest BCUT2D eigenvalue weighted by atomic mass is 9.95. The summed E-state index contributed by atoms with van der Waals surface area (Å²) >= 11 is 0. The highest BCUT2D eigenvalue weighted by Crippen LogP contribution is 2.24. The van der Waals surface area contributed by atoms with Gasteiger partial charge in [-0.2, -0.15) is 0 Å². The predicted octanol–water partition coefficient (Wildman–Crippen LogP) is 3.43. The molecular weight excluding hydrogens is 378 g/mol. The number of nitrogens with two attached hydrogens (primary N) is 1. The topological polar surface area (TPSA) is 92.5 Å². The van der Waals surface area contributed by atoms with Gasteiger partial charge in [-0.25, -0.2) is 0 Å². The van der Waals surface area contributed by atoms with Crippen LogP contribution in [0.3, 0.4) is 0 Å². The van der Waals surface area contributed by atoms with Crippen molar-refractivity contribution < 1.29 is 14.4 Å². The van der Waals surface area contributed by atoms with Crippen molar-refractivity contribution in [3.8, 4) is 0 Å². The Balaban J connectivity index is 1.46. The number of carbonyl (C=O) groups excluding carboxylic acids is 3.